The van der Waals surface area contributed by atoms with Gasteiger partial charge in [-0.2, -0.15) is 0 Å². The van der Waals surface area contributed by atoms with Gasteiger partial charge in [0.1, 0.15) is 4.88 Å². The fourth-order valence-corrected chi connectivity index (χ4v) is 4.23. The number of carboxylic acids is 1. The van der Waals surface area contributed by atoms with E-state index in [1.165, 1.54) is 0 Å². The first kappa shape index (κ1) is 25.7. The fourth-order valence-electron chi connectivity index (χ4n) is 3.38. The summed E-state index contributed by atoms with van der Waals surface area (Å²) in [7, 11) is 0. The van der Waals surface area contributed by atoms with Crippen molar-refractivity contribution < 1.29 is 14.7 Å². The van der Waals surface area contributed by atoms with Crippen LogP contribution >= 0.6 is 11.3 Å². The highest BCUT2D eigenvalue weighted by Crippen LogP contribution is 2.32. The molecule has 1 unspecified atom stereocenters. The maximum Gasteiger partial charge on any atom is 0.348 e. The van der Waals surface area contributed by atoms with Crippen LogP contribution in [0.3, 0.4) is 0 Å². The van der Waals surface area contributed by atoms with Gasteiger partial charge in [0.15, 0.2) is 0 Å². The minimum absolute atomic E-state index is 0.157. The van der Waals surface area contributed by atoms with Crippen molar-refractivity contribution in [2.45, 2.75) is 67.7 Å². The smallest absolute Gasteiger partial charge is 0.348 e. The van der Waals surface area contributed by atoms with Crippen molar-refractivity contribution in [2.75, 3.05) is 11.4 Å². The highest BCUT2D eigenvalue weighted by molar-refractivity contribution is 7.15. The van der Waals surface area contributed by atoms with Gasteiger partial charge in [-0.05, 0) is 71.1 Å². The number of benzene rings is 1. The van der Waals surface area contributed by atoms with Crippen molar-refractivity contribution >= 4 is 28.9 Å². The van der Waals surface area contributed by atoms with E-state index in [2.05, 4.69) is 25.7 Å². The minimum Gasteiger partial charge on any atom is -0.477 e. The summed E-state index contributed by atoms with van der Waals surface area (Å²) in [4.78, 5) is 28.1. The second-order valence-corrected chi connectivity index (χ2v) is 10.6. The van der Waals surface area contributed by atoms with Crippen LogP contribution in [0.2, 0.25) is 0 Å². The van der Waals surface area contributed by atoms with Crippen LogP contribution in [-0.2, 0) is 0 Å². The van der Waals surface area contributed by atoms with E-state index < -0.39 is 5.97 Å². The topological polar surface area (TPSA) is 57.6 Å². The molecule has 1 aromatic heterocycles. The van der Waals surface area contributed by atoms with Gasteiger partial charge in [-0.25, -0.2) is 4.79 Å². The molecular weight excluding hydrogens is 418 g/mol. The van der Waals surface area contributed by atoms with Crippen molar-refractivity contribution in [3.8, 4) is 11.8 Å². The third-order valence-corrected chi connectivity index (χ3v) is 6.42. The lowest BCUT2D eigenvalue weighted by Gasteiger charge is -2.24. The van der Waals surface area contributed by atoms with Crippen LogP contribution in [0.25, 0.3) is 0 Å². The molecule has 172 valence electrons. The normalized spacial score (nSPS) is 12.1. The molecule has 32 heavy (non-hydrogen) atoms. The van der Waals surface area contributed by atoms with E-state index >= 15 is 0 Å². The molecule has 0 aliphatic carbocycles. The van der Waals surface area contributed by atoms with Gasteiger partial charge in [0.2, 0.25) is 0 Å². The summed E-state index contributed by atoms with van der Waals surface area (Å²) in [6.45, 7) is 14.8. The van der Waals surface area contributed by atoms with E-state index in [1.54, 1.807) is 11.0 Å². The van der Waals surface area contributed by atoms with Crippen LogP contribution < -0.4 is 4.90 Å². The first-order valence-electron chi connectivity index (χ1n) is 11.2. The van der Waals surface area contributed by atoms with E-state index in [-0.39, 0.29) is 16.2 Å². The molecule has 0 saturated heterocycles. The van der Waals surface area contributed by atoms with Crippen LogP contribution in [0.4, 0.5) is 5.69 Å². The molecule has 0 aliphatic heterocycles. The largest absolute Gasteiger partial charge is 0.477 e. The minimum atomic E-state index is -1.03. The number of aromatic carboxylic acids is 1. The van der Waals surface area contributed by atoms with Crippen molar-refractivity contribution in [3.63, 3.8) is 0 Å². The quantitative estimate of drug-likeness (QED) is 0.441. The Balaban J connectivity index is 2.52. The van der Waals surface area contributed by atoms with Gasteiger partial charge in [0.05, 0.1) is 10.6 Å². The van der Waals surface area contributed by atoms with Crippen LogP contribution in [-0.4, -0.2) is 23.5 Å². The number of hydrogen-bond acceptors (Lipinski definition) is 3. The maximum absolute atomic E-state index is 13.6. The number of carboxylic acid groups (broad SMARTS) is 1. The van der Waals surface area contributed by atoms with Gasteiger partial charge in [-0.3, -0.25) is 4.79 Å². The zero-order valence-corrected chi connectivity index (χ0v) is 21.2. The van der Waals surface area contributed by atoms with Gasteiger partial charge in [-0.1, -0.05) is 49.8 Å². The van der Waals surface area contributed by atoms with Gasteiger partial charge in [-0.15, -0.1) is 11.3 Å². The SMILES string of the molecule is CCC(C)CCCN(C(=O)c1ccc(C)cc1C)c1cc(C#CC(C)(C)C)sc1C(=O)O. The summed E-state index contributed by atoms with van der Waals surface area (Å²) in [5.41, 5.74) is 2.82. The molecule has 1 atom stereocenters. The van der Waals surface area contributed by atoms with Crippen molar-refractivity contribution in [3.05, 3.63) is 50.7 Å². The van der Waals surface area contributed by atoms with Crippen LogP contribution in [0.5, 0.6) is 0 Å². The predicted octanol–water partition coefficient (Wildman–Crippen LogP) is 6.93. The Hall–Kier alpha value is -2.58. The number of hydrogen-bond donors (Lipinski definition) is 1. The molecule has 2 aromatic rings. The Morgan fingerprint density at radius 1 is 1.19 bits per heavy atom. The lowest BCUT2D eigenvalue weighted by Crippen LogP contribution is -2.33. The monoisotopic (exact) mass is 453 g/mol. The molecular formula is C27H35NO3S. The summed E-state index contributed by atoms with van der Waals surface area (Å²) < 4.78 is 0. The van der Waals surface area contributed by atoms with E-state index in [9.17, 15) is 14.7 Å². The molecule has 0 saturated carbocycles. The summed E-state index contributed by atoms with van der Waals surface area (Å²) in [6, 6.07) is 7.50. The Bertz CT molecular complexity index is 1030. The number of nitrogens with zero attached hydrogens (tertiary/aromatic N) is 1. The first-order valence-corrected chi connectivity index (χ1v) is 12.0. The molecule has 4 nitrogen and oxygen atoms in total. The van der Waals surface area contributed by atoms with Gasteiger partial charge < -0.3 is 10.0 Å². The second-order valence-electron chi connectivity index (χ2n) is 9.56. The fraction of sp³-hybridized carbons (Fsp3) is 0.481. The van der Waals surface area contributed by atoms with Gasteiger partial charge in [0, 0.05) is 17.5 Å². The molecule has 1 amide bonds. The van der Waals surface area contributed by atoms with Crippen molar-refractivity contribution in [1.29, 1.82) is 0 Å². The number of carbonyl (C=O) groups excluding carboxylic acids is 1. The van der Waals surface area contributed by atoms with E-state index in [0.717, 1.165) is 41.7 Å². The standard InChI is InChI=1S/C27H35NO3S/c1-8-18(2)10-9-15-28(25(29)22-12-11-19(3)16-20(22)4)23-17-21(13-14-27(5,6)7)32-24(23)26(30)31/h11-12,16-18H,8-10,15H2,1-7H3,(H,30,31). The van der Waals surface area contributed by atoms with Crippen LogP contribution in [0, 0.1) is 37.0 Å². The summed E-state index contributed by atoms with van der Waals surface area (Å²) >= 11 is 1.13. The molecule has 0 fully saturated rings. The van der Waals surface area contributed by atoms with E-state index in [1.807, 2.05) is 52.8 Å². The number of thiophene rings is 1. The first-order chi connectivity index (χ1) is 14.9. The Morgan fingerprint density at radius 2 is 1.88 bits per heavy atom. The van der Waals surface area contributed by atoms with Crippen LogP contribution in [0.15, 0.2) is 24.3 Å². The summed E-state index contributed by atoms with van der Waals surface area (Å²) in [6.07, 6.45) is 2.87. The number of carbonyl (C=O) groups is 2. The Labute approximate surface area is 196 Å². The predicted molar refractivity (Wildman–Crippen MR) is 134 cm³/mol. The maximum atomic E-state index is 13.6. The molecule has 0 aliphatic rings. The average Bonchev–Trinajstić information content (AvgIpc) is 3.13. The highest BCUT2D eigenvalue weighted by atomic mass is 32.1. The van der Waals surface area contributed by atoms with Crippen molar-refractivity contribution in [1.82, 2.24) is 0 Å². The number of anilines is 1. The molecule has 2 rings (SSSR count). The van der Waals surface area contributed by atoms with Crippen LogP contribution in [0.1, 0.15) is 89.9 Å². The molecule has 0 bridgehead atoms. The summed E-state index contributed by atoms with van der Waals surface area (Å²) in [5, 5.41) is 9.88. The zero-order valence-electron chi connectivity index (χ0n) is 20.3. The van der Waals surface area contributed by atoms with E-state index in [4.69, 9.17) is 0 Å². The highest BCUT2D eigenvalue weighted by Gasteiger charge is 2.26. The lowest BCUT2D eigenvalue weighted by molar-refractivity contribution is 0.0703. The lowest BCUT2D eigenvalue weighted by atomic mass is 9.98. The molecule has 0 spiro atoms. The molecule has 5 heteroatoms. The summed E-state index contributed by atoms with van der Waals surface area (Å²) in [5.74, 6) is 5.63. The van der Waals surface area contributed by atoms with Gasteiger partial charge >= 0.3 is 5.97 Å². The van der Waals surface area contributed by atoms with Crippen molar-refractivity contribution in [2.24, 2.45) is 11.3 Å². The third-order valence-electron chi connectivity index (χ3n) is 5.39. The Kier molecular flexibility index (Phi) is 8.69. The number of aryl methyl sites for hydroxylation is 2. The zero-order chi connectivity index (χ0) is 24.1. The molecule has 0 radical (unpaired) electrons. The molecule has 1 aromatic carbocycles. The number of amides is 1. The van der Waals surface area contributed by atoms with Gasteiger partial charge in [0.25, 0.3) is 5.91 Å². The molecule has 1 heterocycles. The third kappa shape index (κ3) is 6.97. The average molecular weight is 454 g/mol. The molecule has 1 N–H and O–H groups in total. The second kappa shape index (κ2) is 10.8. The number of rotatable bonds is 8. The Morgan fingerprint density at radius 3 is 2.44 bits per heavy atom. The van der Waals surface area contributed by atoms with E-state index in [0.29, 0.717) is 28.6 Å².